The SMILES string of the molecule is Cc1cccc(C)c1NC(=O)c1nc(C(=O)NCC(C)C)n2ccccc12. The van der Waals surface area contributed by atoms with E-state index in [0.29, 0.717) is 18.0 Å². The predicted octanol–water partition coefficient (Wildman–Crippen LogP) is 3.59. The molecule has 0 aliphatic rings. The summed E-state index contributed by atoms with van der Waals surface area (Å²) in [4.78, 5) is 29.8. The molecular formula is C21H24N4O2. The molecule has 140 valence electrons. The molecule has 0 spiro atoms. The van der Waals surface area contributed by atoms with Crippen LogP contribution < -0.4 is 10.6 Å². The van der Waals surface area contributed by atoms with Crippen LogP contribution in [0.5, 0.6) is 0 Å². The molecule has 0 aliphatic heterocycles. The van der Waals surface area contributed by atoms with E-state index in [-0.39, 0.29) is 23.3 Å². The molecule has 2 aromatic heterocycles. The zero-order chi connectivity index (χ0) is 19.6. The van der Waals surface area contributed by atoms with Crippen molar-refractivity contribution in [2.75, 3.05) is 11.9 Å². The molecule has 2 amide bonds. The minimum atomic E-state index is -0.334. The topological polar surface area (TPSA) is 75.5 Å². The number of hydrogen-bond acceptors (Lipinski definition) is 3. The quantitative estimate of drug-likeness (QED) is 0.726. The minimum absolute atomic E-state index is 0.206. The molecule has 0 saturated heterocycles. The number of carbonyl (C=O) groups is 2. The van der Waals surface area contributed by atoms with Crippen LogP contribution in [0.25, 0.3) is 5.52 Å². The monoisotopic (exact) mass is 364 g/mol. The first-order valence-electron chi connectivity index (χ1n) is 9.01. The second-order valence-electron chi connectivity index (χ2n) is 7.06. The van der Waals surface area contributed by atoms with Crippen molar-refractivity contribution in [3.05, 3.63) is 65.2 Å². The third kappa shape index (κ3) is 3.84. The fourth-order valence-electron chi connectivity index (χ4n) is 2.93. The maximum atomic E-state index is 12.9. The normalized spacial score (nSPS) is 11.0. The van der Waals surface area contributed by atoms with E-state index in [1.165, 1.54) is 0 Å². The number of pyridine rings is 1. The van der Waals surface area contributed by atoms with Gasteiger partial charge >= 0.3 is 0 Å². The van der Waals surface area contributed by atoms with Crippen molar-refractivity contribution in [1.29, 1.82) is 0 Å². The van der Waals surface area contributed by atoms with Crippen LogP contribution in [0.1, 0.15) is 46.1 Å². The van der Waals surface area contributed by atoms with Crippen molar-refractivity contribution in [1.82, 2.24) is 14.7 Å². The van der Waals surface area contributed by atoms with Crippen LogP contribution in [0.4, 0.5) is 5.69 Å². The standard InChI is InChI=1S/C21H24N4O2/c1-13(2)12-22-21(27)19-23-18(16-10-5-6-11-25(16)19)20(26)24-17-14(3)8-7-9-15(17)4/h5-11,13H,12H2,1-4H3,(H,22,27)(H,24,26). The molecule has 3 rings (SSSR count). The first-order valence-corrected chi connectivity index (χ1v) is 9.01. The van der Waals surface area contributed by atoms with Gasteiger partial charge in [-0.25, -0.2) is 4.98 Å². The van der Waals surface area contributed by atoms with E-state index in [2.05, 4.69) is 15.6 Å². The molecule has 2 N–H and O–H groups in total. The van der Waals surface area contributed by atoms with E-state index in [4.69, 9.17) is 0 Å². The molecule has 1 aromatic carbocycles. The summed E-state index contributed by atoms with van der Waals surface area (Å²) in [6.45, 7) is 8.47. The number of imidazole rings is 1. The number of aryl methyl sites for hydroxylation is 2. The number of para-hydroxylation sites is 1. The molecule has 2 heterocycles. The highest BCUT2D eigenvalue weighted by Gasteiger charge is 2.22. The lowest BCUT2D eigenvalue weighted by Crippen LogP contribution is -2.29. The molecule has 0 radical (unpaired) electrons. The van der Waals surface area contributed by atoms with Crippen LogP contribution in [-0.4, -0.2) is 27.7 Å². The summed E-state index contributed by atoms with van der Waals surface area (Å²) in [5.41, 5.74) is 3.54. The van der Waals surface area contributed by atoms with E-state index in [1.54, 1.807) is 22.7 Å². The lowest BCUT2D eigenvalue weighted by molar-refractivity contribution is 0.0938. The Morgan fingerprint density at radius 1 is 1.04 bits per heavy atom. The van der Waals surface area contributed by atoms with Crippen LogP contribution in [0.3, 0.4) is 0 Å². The summed E-state index contributed by atoms with van der Waals surface area (Å²) in [6, 6.07) is 11.2. The van der Waals surface area contributed by atoms with Crippen molar-refractivity contribution in [3.63, 3.8) is 0 Å². The van der Waals surface area contributed by atoms with Gasteiger partial charge in [-0.05, 0) is 43.0 Å². The van der Waals surface area contributed by atoms with Gasteiger partial charge < -0.3 is 10.6 Å². The van der Waals surface area contributed by atoms with Crippen LogP contribution in [0.2, 0.25) is 0 Å². The lowest BCUT2D eigenvalue weighted by Gasteiger charge is -2.10. The van der Waals surface area contributed by atoms with Crippen LogP contribution in [0, 0.1) is 19.8 Å². The number of fused-ring (bicyclic) bond motifs is 1. The largest absolute Gasteiger partial charge is 0.349 e. The average molecular weight is 364 g/mol. The van der Waals surface area contributed by atoms with Crippen molar-refractivity contribution < 1.29 is 9.59 Å². The number of rotatable bonds is 5. The number of nitrogens with one attached hydrogen (secondary N) is 2. The third-order valence-electron chi connectivity index (χ3n) is 4.36. The Morgan fingerprint density at radius 2 is 1.74 bits per heavy atom. The summed E-state index contributed by atoms with van der Waals surface area (Å²) < 4.78 is 1.65. The number of anilines is 1. The van der Waals surface area contributed by atoms with Crippen molar-refractivity contribution >= 4 is 23.0 Å². The molecule has 6 heteroatoms. The summed E-state index contributed by atoms with van der Waals surface area (Å²) >= 11 is 0. The molecule has 0 saturated carbocycles. The molecular weight excluding hydrogens is 340 g/mol. The fraction of sp³-hybridized carbons (Fsp3) is 0.286. The van der Waals surface area contributed by atoms with Gasteiger partial charge in [0.25, 0.3) is 11.8 Å². The highest BCUT2D eigenvalue weighted by Crippen LogP contribution is 2.21. The van der Waals surface area contributed by atoms with Gasteiger partial charge in [0.05, 0.1) is 5.52 Å². The third-order valence-corrected chi connectivity index (χ3v) is 4.36. The molecule has 0 bridgehead atoms. The number of nitrogens with zero attached hydrogens (tertiary/aromatic N) is 2. The molecule has 0 aliphatic carbocycles. The zero-order valence-corrected chi connectivity index (χ0v) is 16.0. The van der Waals surface area contributed by atoms with Gasteiger partial charge in [-0.15, -0.1) is 0 Å². The molecule has 0 unspecified atom stereocenters. The summed E-state index contributed by atoms with van der Waals surface area (Å²) in [6.07, 6.45) is 1.74. The number of aromatic nitrogens is 2. The van der Waals surface area contributed by atoms with Crippen molar-refractivity contribution in [3.8, 4) is 0 Å². The number of hydrogen-bond donors (Lipinski definition) is 2. The van der Waals surface area contributed by atoms with Gasteiger partial charge in [0.1, 0.15) is 0 Å². The second kappa shape index (κ2) is 7.61. The Morgan fingerprint density at radius 3 is 2.41 bits per heavy atom. The van der Waals surface area contributed by atoms with Crippen molar-refractivity contribution in [2.24, 2.45) is 5.92 Å². The van der Waals surface area contributed by atoms with E-state index >= 15 is 0 Å². The zero-order valence-electron chi connectivity index (χ0n) is 16.0. The second-order valence-corrected chi connectivity index (χ2v) is 7.06. The maximum absolute atomic E-state index is 12.9. The first-order chi connectivity index (χ1) is 12.9. The highest BCUT2D eigenvalue weighted by atomic mass is 16.2. The van der Waals surface area contributed by atoms with E-state index in [1.807, 2.05) is 52.0 Å². The molecule has 0 atom stereocenters. The summed E-state index contributed by atoms with van der Waals surface area (Å²) in [7, 11) is 0. The van der Waals surface area contributed by atoms with Gasteiger partial charge in [0.2, 0.25) is 5.82 Å². The maximum Gasteiger partial charge on any atom is 0.287 e. The Balaban J connectivity index is 1.97. The van der Waals surface area contributed by atoms with Gasteiger partial charge in [-0.3, -0.25) is 14.0 Å². The van der Waals surface area contributed by atoms with Crippen LogP contribution in [0.15, 0.2) is 42.6 Å². The van der Waals surface area contributed by atoms with Crippen LogP contribution in [-0.2, 0) is 0 Å². The van der Waals surface area contributed by atoms with Gasteiger partial charge in [0, 0.05) is 18.4 Å². The Labute approximate surface area is 158 Å². The number of amides is 2. The van der Waals surface area contributed by atoms with Gasteiger partial charge in [-0.1, -0.05) is 38.1 Å². The fourth-order valence-corrected chi connectivity index (χ4v) is 2.93. The highest BCUT2D eigenvalue weighted by molar-refractivity contribution is 6.09. The van der Waals surface area contributed by atoms with Gasteiger partial charge in [-0.2, -0.15) is 0 Å². The lowest BCUT2D eigenvalue weighted by atomic mass is 10.1. The Hall–Kier alpha value is -3.15. The molecule has 27 heavy (non-hydrogen) atoms. The van der Waals surface area contributed by atoms with E-state index in [9.17, 15) is 9.59 Å². The summed E-state index contributed by atoms with van der Waals surface area (Å²) in [5, 5.41) is 5.80. The van der Waals surface area contributed by atoms with Crippen molar-refractivity contribution in [2.45, 2.75) is 27.7 Å². The predicted molar refractivity (Wildman–Crippen MR) is 106 cm³/mol. The minimum Gasteiger partial charge on any atom is -0.349 e. The Kier molecular flexibility index (Phi) is 5.26. The Bertz CT molecular complexity index is 984. The number of carbonyl (C=O) groups excluding carboxylic acids is 2. The van der Waals surface area contributed by atoms with Gasteiger partial charge in [0.15, 0.2) is 5.69 Å². The molecule has 3 aromatic rings. The van der Waals surface area contributed by atoms with E-state index in [0.717, 1.165) is 16.8 Å². The van der Waals surface area contributed by atoms with Crippen LogP contribution >= 0.6 is 0 Å². The average Bonchev–Trinajstić information content (AvgIpc) is 3.02. The first kappa shape index (κ1) is 18.6. The van der Waals surface area contributed by atoms with E-state index < -0.39 is 0 Å². The molecule has 0 fully saturated rings. The smallest absolute Gasteiger partial charge is 0.287 e. The number of benzene rings is 1. The molecule has 6 nitrogen and oxygen atoms in total. The summed E-state index contributed by atoms with van der Waals surface area (Å²) in [5.74, 6) is -0.0973.